The molecule has 20 heavy (non-hydrogen) atoms. The first-order valence-electron chi connectivity index (χ1n) is 6.28. The molecule has 1 aromatic rings. The molecule has 0 saturated heterocycles. The lowest BCUT2D eigenvalue weighted by atomic mass is 10.0. The Labute approximate surface area is 117 Å². The van der Waals surface area contributed by atoms with Crippen molar-refractivity contribution in [2.45, 2.75) is 26.3 Å². The summed E-state index contributed by atoms with van der Waals surface area (Å²) in [5, 5.41) is 2.54. The number of esters is 1. The largest absolute Gasteiger partial charge is 0.467 e. The number of carbonyl (C=O) groups excluding carboxylic acids is 2. The van der Waals surface area contributed by atoms with Gasteiger partial charge in [0.25, 0.3) is 5.91 Å². The second kappa shape index (κ2) is 6.88. The molecule has 0 fully saturated rings. The van der Waals surface area contributed by atoms with E-state index in [2.05, 4.69) is 10.1 Å². The number of rotatable bonds is 5. The van der Waals surface area contributed by atoms with E-state index < -0.39 is 23.7 Å². The molecule has 1 amide bonds. The first-order valence-corrected chi connectivity index (χ1v) is 6.28. The van der Waals surface area contributed by atoms with Gasteiger partial charge in [0.2, 0.25) is 0 Å². The van der Waals surface area contributed by atoms with Crippen molar-refractivity contribution in [3.63, 3.8) is 0 Å². The molecule has 1 atom stereocenters. The maximum atomic E-state index is 13.3. The van der Waals surface area contributed by atoms with Crippen LogP contribution in [-0.2, 0) is 9.53 Å². The van der Waals surface area contributed by atoms with E-state index in [-0.39, 0.29) is 17.2 Å². The molecule has 6 heteroatoms. The second-order valence-electron chi connectivity index (χ2n) is 4.92. The minimum atomic E-state index is -0.756. The van der Waals surface area contributed by atoms with Gasteiger partial charge in [-0.2, -0.15) is 0 Å². The molecule has 0 spiro atoms. The van der Waals surface area contributed by atoms with Crippen molar-refractivity contribution in [2.75, 3.05) is 12.8 Å². The number of nitrogens with one attached hydrogen (secondary N) is 1. The first kappa shape index (κ1) is 15.9. The summed E-state index contributed by atoms with van der Waals surface area (Å²) in [6.45, 7) is 3.84. The molecule has 1 rings (SSSR count). The van der Waals surface area contributed by atoms with Crippen LogP contribution in [0.3, 0.4) is 0 Å². The van der Waals surface area contributed by atoms with Gasteiger partial charge in [0.05, 0.1) is 12.8 Å². The van der Waals surface area contributed by atoms with Crippen LogP contribution in [0.15, 0.2) is 18.2 Å². The van der Waals surface area contributed by atoms with Crippen molar-refractivity contribution in [3.05, 3.63) is 29.6 Å². The van der Waals surface area contributed by atoms with E-state index >= 15 is 0 Å². The van der Waals surface area contributed by atoms with Crippen LogP contribution in [0, 0.1) is 11.7 Å². The van der Waals surface area contributed by atoms with E-state index in [4.69, 9.17) is 5.73 Å². The van der Waals surface area contributed by atoms with Crippen LogP contribution < -0.4 is 11.1 Å². The van der Waals surface area contributed by atoms with Gasteiger partial charge < -0.3 is 15.8 Å². The normalized spacial score (nSPS) is 12.1. The maximum Gasteiger partial charge on any atom is 0.328 e. The summed E-state index contributed by atoms with van der Waals surface area (Å²) in [5.41, 5.74) is 5.42. The maximum absolute atomic E-state index is 13.3. The van der Waals surface area contributed by atoms with Crippen LogP contribution in [0.2, 0.25) is 0 Å². The highest BCUT2D eigenvalue weighted by atomic mass is 19.1. The Kier molecular flexibility index (Phi) is 5.49. The third-order valence-corrected chi connectivity index (χ3v) is 2.76. The summed E-state index contributed by atoms with van der Waals surface area (Å²) in [4.78, 5) is 23.6. The van der Waals surface area contributed by atoms with Crippen LogP contribution in [0.25, 0.3) is 0 Å². The molecule has 0 aliphatic heterocycles. The molecule has 0 aliphatic rings. The minimum absolute atomic E-state index is 0.0340. The quantitative estimate of drug-likeness (QED) is 0.636. The van der Waals surface area contributed by atoms with E-state index in [1.165, 1.54) is 19.2 Å². The van der Waals surface area contributed by atoms with Crippen molar-refractivity contribution in [1.29, 1.82) is 0 Å². The van der Waals surface area contributed by atoms with Crippen LogP contribution in [-0.4, -0.2) is 25.0 Å². The molecule has 0 aromatic heterocycles. The molecular weight excluding hydrogens is 263 g/mol. The number of benzene rings is 1. The Morgan fingerprint density at radius 1 is 1.40 bits per heavy atom. The lowest BCUT2D eigenvalue weighted by Gasteiger charge is -2.18. The number of amides is 1. The Bertz CT molecular complexity index is 503. The van der Waals surface area contributed by atoms with Crippen molar-refractivity contribution < 1.29 is 18.7 Å². The smallest absolute Gasteiger partial charge is 0.328 e. The van der Waals surface area contributed by atoms with E-state index in [1.807, 2.05) is 13.8 Å². The van der Waals surface area contributed by atoms with Crippen LogP contribution in [0.5, 0.6) is 0 Å². The van der Waals surface area contributed by atoms with Gasteiger partial charge in [-0.3, -0.25) is 4.79 Å². The van der Waals surface area contributed by atoms with Crippen molar-refractivity contribution in [2.24, 2.45) is 5.92 Å². The Morgan fingerprint density at radius 3 is 2.55 bits per heavy atom. The average Bonchev–Trinajstić information content (AvgIpc) is 2.39. The predicted octanol–water partition coefficient (Wildman–Crippen LogP) is 1.73. The molecule has 0 aliphatic carbocycles. The Balaban J connectivity index is 2.84. The van der Waals surface area contributed by atoms with E-state index in [0.29, 0.717) is 6.42 Å². The lowest BCUT2D eigenvalue weighted by molar-refractivity contribution is -0.143. The number of hydrogen-bond donors (Lipinski definition) is 2. The molecule has 0 heterocycles. The number of carbonyl (C=O) groups is 2. The van der Waals surface area contributed by atoms with Crippen LogP contribution >= 0.6 is 0 Å². The van der Waals surface area contributed by atoms with Gasteiger partial charge >= 0.3 is 5.97 Å². The molecule has 1 aromatic carbocycles. The van der Waals surface area contributed by atoms with E-state index in [0.717, 1.165) is 6.07 Å². The van der Waals surface area contributed by atoms with Crippen molar-refractivity contribution in [3.8, 4) is 0 Å². The number of hydrogen-bond acceptors (Lipinski definition) is 4. The molecule has 0 bridgehead atoms. The summed E-state index contributed by atoms with van der Waals surface area (Å²) in [5.74, 6) is -1.54. The van der Waals surface area contributed by atoms with Gasteiger partial charge in [-0.25, -0.2) is 9.18 Å². The molecule has 5 nitrogen and oxygen atoms in total. The highest BCUT2D eigenvalue weighted by molar-refractivity contribution is 5.97. The third kappa shape index (κ3) is 4.22. The molecular formula is C14H19FN2O3. The zero-order chi connectivity index (χ0) is 15.3. The zero-order valence-corrected chi connectivity index (χ0v) is 11.8. The molecule has 0 radical (unpaired) electrons. The van der Waals surface area contributed by atoms with E-state index in [9.17, 15) is 14.0 Å². The molecule has 3 N–H and O–H groups in total. The summed E-state index contributed by atoms with van der Waals surface area (Å²) < 4.78 is 18.0. The molecule has 0 unspecified atom stereocenters. The van der Waals surface area contributed by atoms with Gasteiger partial charge in [-0.05, 0) is 30.5 Å². The second-order valence-corrected chi connectivity index (χ2v) is 4.92. The fourth-order valence-electron chi connectivity index (χ4n) is 1.74. The molecule has 110 valence electrons. The van der Waals surface area contributed by atoms with Gasteiger partial charge in [0, 0.05) is 5.56 Å². The standard InChI is InChI=1S/C14H19FN2O3/c1-8(2)6-12(14(19)20-3)17-13(18)9-4-5-11(16)10(15)7-9/h4-5,7-8,12H,6,16H2,1-3H3,(H,17,18)/t12-/m0/s1. The van der Waals surface area contributed by atoms with Gasteiger partial charge in [-0.15, -0.1) is 0 Å². The monoisotopic (exact) mass is 282 g/mol. The number of halogens is 1. The minimum Gasteiger partial charge on any atom is -0.467 e. The zero-order valence-electron chi connectivity index (χ0n) is 11.8. The number of ether oxygens (including phenoxy) is 1. The van der Waals surface area contributed by atoms with Gasteiger partial charge in [0.15, 0.2) is 0 Å². The summed E-state index contributed by atoms with van der Waals surface area (Å²) >= 11 is 0. The number of methoxy groups -OCH3 is 1. The fourth-order valence-corrected chi connectivity index (χ4v) is 1.74. The fraction of sp³-hybridized carbons (Fsp3) is 0.429. The lowest BCUT2D eigenvalue weighted by Crippen LogP contribution is -2.42. The number of nitrogen functional groups attached to an aromatic ring is 1. The SMILES string of the molecule is COC(=O)[C@H](CC(C)C)NC(=O)c1ccc(N)c(F)c1. The Morgan fingerprint density at radius 2 is 2.05 bits per heavy atom. The summed E-state index contributed by atoms with van der Waals surface area (Å²) in [7, 11) is 1.25. The van der Waals surface area contributed by atoms with Crippen LogP contribution in [0.4, 0.5) is 10.1 Å². The predicted molar refractivity (Wildman–Crippen MR) is 73.5 cm³/mol. The number of anilines is 1. The molecule has 0 saturated carbocycles. The van der Waals surface area contributed by atoms with Gasteiger partial charge in [-0.1, -0.05) is 13.8 Å². The van der Waals surface area contributed by atoms with Gasteiger partial charge in [0.1, 0.15) is 11.9 Å². The first-order chi connectivity index (χ1) is 9.35. The van der Waals surface area contributed by atoms with Crippen LogP contribution in [0.1, 0.15) is 30.6 Å². The number of nitrogens with two attached hydrogens (primary N) is 1. The summed E-state index contributed by atoms with van der Waals surface area (Å²) in [6.07, 6.45) is 0.440. The van der Waals surface area contributed by atoms with Crippen molar-refractivity contribution in [1.82, 2.24) is 5.32 Å². The average molecular weight is 282 g/mol. The van der Waals surface area contributed by atoms with Crippen molar-refractivity contribution >= 4 is 17.6 Å². The Hall–Kier alpha value is -2.11. The highest BCUT2D eigenvalue weighted by Gasteiger charge is 2.23. The summed E-state index contributed by atoms with van der Waals surface area (Å²) in [6, 6.07) is 2.99. The highest BCUT2D eigenvalue weighted by Crippen LogP contribution is 2.13. The third-order valence-electron chi connectivity index (χ3n) is 2.76. The topological polar surface area (TPSA) is 81.4 Å². The van der Waals surface area contributed by atoms with E-state index in [1.54, 1.807) is 0 Å².